The zero-order valence-corrected chi connectivity index (χ0v) is 19.1. The summed E-state index contributed by atoms with van der Waals surface area (Å²) in [4.78, 5) is 13.1. The highest BCUT2D eigenvalue weighted by molar-refractivity contribution is 7.92. The monoisotopic (exact) mass is 436 g/mol. The minimum absolute atomic E-state index is 0.153. The van der Waals surface area contributed by atoms with Crippen molar-refractivity contribution in [3.63, 3.8) is 0 Å². The van der Waals surface area contributed by atoms with Crippen LogP contribution in [0.1, 0.15) is 35.2 Å². The number of nitrogens with zero attached hydrogens (tertiary/aromatic N) is 1. The molecule has 0 radical (unpaired) electrons. The fourth-order valence-corrected chi connectivity index (χ4v) is 4.82. The van der Waals surface area contributed by atoms with Crippen molar-refractivity contribution in [2.75, 3.05) is 10.8 Å². The number of nitrogens with one attached hydrogen (secondary N) is 1. The second kappa shape index (κ2) is 9.35. The van der Waals surface area contributed by atoms with Crippen LogP contribution in [0.3, 0.4) is 0 Å². The van der Waals surface area contributed by atoms with Crippen molar-refractivity contribution in [3.05, 3.63) is 95.1 Å². The first-order chi connectivity index (χ1) is 14.7. The van der Waals surface area contributed by atoms with E-state index in [-0.39, 0.29) is 23.4 Å². The Hall–Kier alpha value is -3.12. The van der Waals surface area contributed by atoms with Gasteiger partial charge in [0.15, 0.2) is 0 Å². The predicted octanol–water partition coefficient (Wildman–Crippen LogP) is 4.68. The molecule has 5 nitrogen and oxygen atoms in total. The molecule has 3 aromatic carbocycles. The average molecular weight is 437 g/mol. The molecule has 0 saturated carbocycles. The van der Waals surface area contributed by atoms with Gasteiger partial charge < -0.3 is 5.32 Å². The zero-order valence-electron chi connectivity index (χ0n) is 18.3. The van der Waals surface area contributed by atoms with E-state index in [1.165, 1.54) is 4.31 Å². The van der Waals surface area contributed by atoms with E-state index in [2.05, 4.69) is 5.32 Å². The molecule has 1 atom stereocenters. The topological polar surface area (TPSA) is 66.5 Å². The normalized spacial score (nSPS) is 12.3. The summed E-state index contributed by atoms with van der Waals surface area (Å²) in [6, 6.07) is 21.5. The third kappa shape index (κ3) is 5.33. The average Bonchev–Trinajstić information content (AvgIpc) is 2.73. The van der Waals surface area contributed by atoms with E-state index in [1.807, 2.05) is 64.1 Å². The Labute approximate surface area is 184 Å². The lowest BCUT2D eigenvalue weighted by molar-refractivity contribution is -0.120. The lowest BCUT2D eigenvalue weighted by atomic mass is 10.1. The molecule has 0 fully saturated rings. The van der Waals surface area contributed by atoms with E-state index < -0.39 is 10.0 Å². The number of carbonyl (C=O) groups is 1. The molecule has 0 aliphatic rings. The first kappa shape index (κ1) is 22.6. The van der Waals surface area contributed by atoms with Crippen molar-refractivity contribution in [1.29, 1.82) is 0 Å². The van der Waals surface area contributed by atoms with Crippen LogP contribution in [0.25, 0.3) is 0 Å². The van der Waals surface area contributed by atoms with E-state index in [4.69, 9.17) is 0 Å². The Bertz CT molecular complexity index is 1150. The molecule has 0 aliphatic heterocycles. The van der Waals surface area contributed by atoms with Gasteiger partial charge in [0, 0.05) is 0 Å². The Morgan fingerprint density at radius 3 is 2.00 bits per heavy atom. The fourth-order valence-electron chi connectivity index (χ4n) is 3.34. The number of aryl methyl sites for hydroxylation is 3. The molecule has 0 bridgehead atoms. The van der Waals surface area contributed by atoms with E-state index in [0.717, 1.165) is 22.3 Å². The Kier molecular flexibility index (Phi) is 6.81. The predicted molar refractivity (Wildman–Crippen MR) is 125 cm³/mol. The molecule has 0 unspecified atom stereocenters. The lowest BCUT2D eigenvalue weighted by Gasteiger charge is -2.26. The summed E-state index contributed by atoms with van der Waals surface area (Å²) < 4.78 is 28.1. The third-order valence-electron chi connectivity index (χ3n) is 5.24. The van der Waals surface area contributed by atoms with Crippen LogP contribution in [-0.2, 0) is 14.8 Å². The van der Waals surface area contributed by atoms with Crippen LogP contribution in [0.4, 0.5) is 5.69 Å². The van der Waals surface area contributed by atoms with Crippen molar-refractivity contribution in [1.82, 2.24) is 5.32 Å². The Balaban J connectivity index is 1.90. The highest BCUT2D eigenvalue weighted by atomic mass is 32.2. The van der Waals surface area contributed by atoms with Gasteiger partial charge in [-0.15, -0.1) is 0 Å². The molecule has 0 saturated heterocycles. The molecular formula is C25H28N2O3S. The van der Waals surface area contributed by atoms with Crippen molar-refractivity contribution in [3.8, 4) is 0 Å². The summed E-state index contributed by atoms with van der Waals surface area (Å²) in [6.07, 6.45) is 0. The van der Waals surface area contributed by atoms with E-state index >= 15 is 0 Å². The van der Waals surface area contributed by atoms with E-state index in [1.54, 1.807) is 36.4 Å². The number of hydrogen-bond donors (Lipinski definition) is 1. The maximum atomic E-state index is 13.5. The van der Waals surface area contributed by atoms with Crippen LogP contribution in [0, 0.1) is 20.8 Å². The Morgan fingerprint density at radius 1 is 0.871 bits per heavy atom. The summed E-state index contributed by atoms with van der Waals surface area (Å²) in [7, 11) is -3.92. The maximum absolute atomic E-state index is 13.5. The molecule has 1 amide bonds. The third-order valence-corrected chi connectivity index (χ3v) is 7.01. The van der Waals surface area contributed by atoms with Gasteiger partial charge in [0.1, 0.15) is 6.54 Å². The van der Waals surface area contributed by atoms with Gasteiger partial charge in [-0.25, -0.2) is 8.42 Å². The summed E-state index contributed by atoms with van der Waals surface area (Å²) in [5.74, 6) is -0.369. The molecule has 0 heterocycles. The smallest absolute Gasteiger partial charge is 0.264 e. The van der Waals surface area contributed by atoms with Gasteiger partial charge in [-0.1, -0.05) is 65.7 Å². The number of anilines is 1. The molecule has 6 heteroatoms. The molecule has 0 spiro atoms. The minimum Gasteiger partial charge on any atom is -0.348 e. The van der Waals surface area contributed by atoms with Gasteiger partial charge in [-0.05, 0) is 57.0 Å². The van der Waals surface area contributed by atoms with Gasteiger partial charge in [0.2, 0.25) is 5.91 Å². The van der Waals surface area contributed by atoms with Crippen molar-refractivity contribution >= 4 is 21.6 Å². The number of carbonyl (C=O) groups excluding carboxylic acids is 1. The van der Waals surface area contributed by atoms with Crippen LogP contribution in [-0.4, -0.2) is 20.9 Å². The summed E-state index contributed by atoms with van der Waals surface area (Å²) >= 11 is 0. The largest absolute Gasteiger partial charge is 0.348 e. The Morgan fingerprint density at radius 2 is 1.42 bits per heavy atom. The molecule has 0 aromatic heterocycles. The number of benzene rings is 3. The van der Waals surface area contributed by atoms with Gasteiger partial charge in [0.25, 0.3) is 10.0 Å². The molecule has 162 valence electrons. The molecular weight excluding hydrogens is 408 g/mol. The molecule has 3 rings (SSSR count). The minimum atomic E-state index is -3.92. The standard InChI is InChI=1S/C25H28N2O3S/c1-18-9-13-22(14-10-18)21(4)26-25(28)17-27(24-8-6-5-7-20(24)3)31(29,30)23-15-11-19(2)12-16-23/h5-16,21H,17H2,1-4H3,(H,26,28)/t21-/m0/s1. The van der Waals surface area contributed by atoms with Crippen molar-refractivity contribution in [2.24, 2.45) is 0 Å². The molecule has 3 aromatic rings. The molecule has 1 N–H and O–H groups in total. The lowest BCUT2D eigenvalue weighted by Crippen LogP contribution is -2.41. The van der Waals surface area contributed by atoms with Gasteiger partial charge in [0.05, 0.1) is 16.6 Å². The van der Waals surface area contributed by atoms with Crippen LogP contribution in [0.5, 0.6) is 0 Å². The fraction of sp³-hybridized carbons (Fsp3) is 0.240. The second-order valence-electron chi connectivity index (χ2n) is 7.81. The summed E-state index contributed by atoms with van der Waals surface area (Å²) in [6.45, 7) is 7.31. The van der Waals surface area contributed by atoms with Crippen LogP contribution in [0.2, 0.25) is 0 Å². The van der Waals surface area contributed by atoms with E-state index in [0.29, 0.717) is 5.69 Å². The SMILES string of the molecule is Cc1ccc([C@H](C)NC(=O)CN(c2ccccc2C)S(=O)(=O)c2ccc(C)cc2)cc1. The van der Waals surface area contributed by atoms with Crippen LogP contribution in [0.15, 0.2) is 77.7 Å². The quantitative estimate of drug-likeness (QED) is 0.585. The molecule has 0 aliphatic carbocycles. The van der Waals surface area contributed by atoms with Gasteiger partial charge in [-0.2, -0.15) is 0 Å². The second-order valence-corrected chi connectivity index (χ2v) is 9.67. The first-order valence-electron chi connectivity index (χ1n) is 10.2. The summed E-state index contributed by atoms with van der Waals surface area (Å²) in [5, 5.41) is 2.92. The zero-order chi connectivity index (χ0) is 22.6. The highest BCUT2D eigenvalue weighted by Crippen LogP contribution is 2.27. The molecule has 31 heavy (non-hydrogen) atoms. The number of para-hydroxylation sites is 1. The van der Waals surface area contributed by atoms with Crippen LogP contribution < -0.4 is 9.62 Å². The van der Waals surface area contributed by atoms with E-state index in [9.17, 15) is 13.2 Å². The highest BCUT2D eigenvalue weighted by Gasteiger charge is 2.28. The number of hydrogen-bond acceptors (Lipinski definition) is 3. The number of amides is 1. The first-order valence-corrected chi connectivity index (χ1v) is 11.6. The van der Waals surface area contributed by atoms with Crippen LogP contribution >= 0.6 is 0 Å². The van der Waals surface area contributed by atoms with Crippen molar-refractivity contribution in [2.45, 2.75) is 38.6 Å². The van der Waals surface area contributed by atoms with Gasteiger partial charge >= 0.3 is 0 Å². The van der Waals surface area contributed by atoms with Crippen molar-refractivity contribution < 1.29 is 13.2 Å². The number of rotatable bonds is 7. The summed E-state index contributed by atoms with van der Waals surface area (Å²) in [5.41, 5.74) is 4.32. The number of sulfonamides is 1. The van der Waals surface area contributed by atoms with Gasteiger partial charge in [-0.3, -0.25) is 9.10 Å². The maximum Gasteiger partial charge on any atom is 0.264 e.